The molecule has 1 aromatic heterocycles. The fourth-order valence-corrected chi connectivity index (χ4v) is 1.46. The molecule has 0 atom stereocenters. The maximum Gasteiger partial charge on any atom is 0.353 e. The topological polar surface area (TPSA) is 87.4 Å². The smallest absolute Gasteiger partial charge is 0.353 e. The minimum atomic E-state index is -0.465. The van der Waals surface area contributed by atoms with Gasteiger partial charge in [-0.1, -0.05) is 0 Å². The molecule has 0 unspecified atom stereocenters. The summed E-state index contributed by atoms with van der Waals surface area (Å²) in [5.41, 5.74) is -0.0961. The molecule has 0 aliphatic rings. The zero-order valence-electron chi connectivity index (χ0n) is 11.0. The average Bonchev–Trinajstić information content (AvgIpc) is 2.34. The Hall–Kier alpha value is -1.96. The number of nitrogens with zero attached hydrogens (tertiary/aromatic N) is 5. The molecule has 0 saturated heterocycles. The predicted molar refractivity (Wildman–Crippen MR) is 70.1 cm³/mol. The Morgan fingerprint density at radius 3 is 2.50 bits per heavy atom. The van der Waals surface area contributed by atoms with E-state index in [1.54, 1.807) is 19.0 Å². The van der Waals surface area contributed by atoms with Crippen LogP contribution in [0.2, 0.25) is 0 Å². The number of aromatic nitrogens is 2. The predicted octanol–water partition coefficient (Wildman–Crippen LogP) is 0.424. The second-order valence-corrected chi connectivity index (χ2v) is 4.13. The lowest BCUT2D eigenvalue weighted by atomic mass is 10.4. The minimum absolute atomic E-state index is 0.0961. The van der Waals surface area contributed by atoms with Gasteiger partial charge in [-0.15, -0.1) is 0 Å². The van der Waals surface area contributed by atoms with Crippen LogP contribution in [0, 0.1) is 10.1 Å². The summed E-state index contributed by atoms with van der Waals surface area (Å²) in [6.07, 6.45) is 1.32. The number of hydrogen-bond donors (Lipinski definition) is 1. The molecule has 1 heterocycles. The number of hydrogen-bond acceptors (Lipinski definition) is 7. The lowest BCUT2D eigenvalue weighted by molar-refractivity contribution is -0.383. The fraction of sp³-hybridized carbons (Fsp3) is 0.600. The van der Waals surface area contributed by atoms with E-state index in [-0.39, 0.29) is 11.5 Å². The molecule has 0 saturated carbocycles. The molecule has 0 spiro atoms. The summed E-state index contributed by atoms with van der Waals surface area (Å²) in [7, 11) is 7.26. The summed E-state index contributed by atoms with van der Waals surface area (Å²) in [6.45, 7) is 1.43. The zero-order valence-corrected chi connectivity index (χ0v) is 11.0. The monoisotopic (exact) mass is 254 g/mol. The number of nitro groups is 1. The van der Waals surface area contributed by atoms with Crippen LogP contribution >= 0.6 is 0 Å². The van der Waals surface area contributed by atoms with Crippen LogP contribution in [0.5, 0.6) is 0 Å². The maximum atomic E-state index is 11.1. The van der Waals surface area contributed by atoms with Crippen molar-refractivity contribution < 1.29 is 4.92 Å². The van der Waals surface area contributed by atoms with Gasteiger partial charge in [0.2, 0.25) is 11.6 Å². The van der Waals surface area contributed by atoms with Crippen LogP contribution in [-0.2, 0) is 0 Å². The lowest BCUT2D eigenvalue weighted by Gasteiger charge is -2.20. The highest BCUT2D eigenvalue weighted by Crippen LogP contribution is 2.30. The van der Waals surface area contributed by atoms with Gasteiger partial charge < -0.3 is 15.1 Å². The summed E-state index contributed by atoms with van der Waals surface area (Å²) in [6, 6.07) is 0. The maximum absolute atomic E-state index is 11.1. The second kappa shape index (κ2) is 6.10. The van der Waals surface area contributed by atoms with Crippen LogP contribution in [-0.4, -0.2) is 61.1 Å². The van der Waals surface area contributed by atoms with E-state index in [1.165, 1.54) is 6.33 Å². The van der Waals surface area contributed by atoms with Crippen molar-refractivity contribution >= 4 is 17.3 Å². The van der Waals surface area contributed by atoms with E-state index >= 15 is 0 Å². The largest absolute Gasteiger partial charge is 0.367 e. The summed E-state index contributed by atoms with van der Waals surface area (Å²) in [5, 5.41) is 13.8. The molecule has 0 aromatic carbocycles. The SMILES string of the molecule is CNc1ncnc(N(C)CCN(C)C)c1[N+](=O)[O-]. The zero-order chi connectivity index (χ0) is 13.7. The Balaban J connectivity index is 3.03. The molecule has 0 bridgehead atoms. The number of nitrogens with one attached hydrogen (secondary N) is 1. The van der Waals surface area contributed by atoms with Crippen molar-refractivity contribution in [1.82, 2.24) is 14.9 Å². The van der Waals surface area contributed by atoms with Gasteiger partial charge in [0.25, 0.3) is 0 Å². The summed E-state index contributed by atoms with van der Waals surface area (Å²) in [4.78, 5) is 22.2. The van der Waals surface area contributed by atoms with Crippen LogP contribution in [0.1, 0.15) is 0 Å². The Morgan fingerprint density at radius 1 is 1.33 bits per heavy atom. The van der Waals surface area contributed by atoms with Gasteiger partial charge in [0.1, 0.15) is 6.33 Å². The second-order valence-electron chi connectivity index (χ2n) is 4.13. The van der Waals surface area contributed by atoms with Gasteiger partial charge in [-0.05, 0) is 14.1 Å². The van der Waals surface area contributed by atoms with Gasteiger partial charge in [0.05, 0.1) is 4.92 Å². The number of anilines is 2. The third kappa shape index (κ3) is 3.27. The van der Waals surface area contributed by atoms with E-state index in [4.69, 9.17) is 0 Å². The molecular formula is C10H18N6O2. The molecule has 100 valence electrons. The van der Waals surface area contributed by atoms with E-state index in [9.17, 15) is 10.1 Å². The van der Waals surface area contributed by atoms with Crippen molar-refractivity contribution in [2.45, 2.75) is 0 Å². The van der Waals surface area contributed by atoms with Crippen molar-refractivity contribution in [2.75, 3.05) is 51.5 Å². The Labute approximate surface area is 106 Å². The third-order valence-electron chi connectivity index (χ3n) is 2.47. The highest BCUT2D eigenvalue weighted by molar-refractivity contribution is 5.69. The molecule has 1 rings (SSSR count). The Morgan fingerprint density at radius 2 is 2.00 bits per heavy atom. The normalized spacial score (nSPS) is 10.5. The molecule has 1 N–H and O–H groups in total. The first-order valence-electron chi connectivity index (χ1n) is 5.50. The molecule has 0 aliphatic heterocycles. The van der Waals surface area contributed by atoms with Crippen LogP contribution in [0.15, 0.2) is 6.33 Å². The lowest BCUT2D eigenvalue weighted by Crippen LogP contribution is -2.29. The highest BCUT2D eigenvalue weighted by Gasteiger charge is 2.24. The first-order chi connectivity index (χ1) is 8.47. The average molecular weight is 254 g/mol. The van der Waals surface area contributed by atoms with E-state index < -0.39 is 4.92 Å². The van der Waals surface area contributed by atoms with Crippen LogP contribution < -0.4 is 10.2 Å². The van der Waals surface area contributed by atoms with Crippen LogP contribution in [0.25, 0.3) is 0 Å². The molecule has 0 aliphatic carbocycles. The molecule has 18 heavy (non-hydrogen) atoms. The van der Waals surface area contributed by atoms with Gasteiger partial charge in [0, 0.05) is 27.2 Å². The van der Waals surface area contributed by atoms with Crippen LogP contribution in [0.4, 0.5) is 17.3 Å². The fourth-order valence-electron chi connectivity index (χ4n) is 1.46. The van der Waals surface area contributed by atoms with Crippen molar-refractivity contribution in [3.8, 4) is 0 Å². The van der Waals surface area contributed by atoms with E-state index in [2.05, 4.69) is 15.3 Å². The van der Waals surface area contributed by atoms with Gasteiger partial charge in [-0.25, -0.2) is 9.97 Å². The van der Waals surface area contributed by atoms with E-state index in [0.717, 1.165) is 6.54 Å². The number of likely N-dealkylation sites (N-methyl/N-ethyl adjacent to an activating group) is 2. The first kappa shape index (κ1) is 14.1. The van der Waals surface area contributed by atoms with E-state index in [1.807, 2.05) is 19.0 Å². The van der Waals surface area contributed by atoms with Gasteiger partial charge in [0.15, 0.2) is 0 Å². The highest BCUT2D eigenvalue weighted by atomic mass is 16.6. The molecule has 0 amide bonds. The van der Waals surface area contributed by atoms with Gasteiger partial charge >= 0.3 is 5.69 Å². The molecule has 8 nitrogen and oxygen atoms in total. The number of rotatable bonds is 6. The quantitative estimate of drug-likeness (QED) is 0.581. The molecule has 1 aromatic rings. The van der Waals surface area contributed by atoms with Crippen molar-refractivity contribution in [2.24, 2.45) is 0 Å². The van der Waals surface area contributed by atoms with Gasteiger partial charge in [-0.2, -0.15) is 0 Å². The van der Waals surface area contributed by atoms with Gasteiger partial charge in [-0.3, -0.25) is 10.1 Å². The molecule has 0 radical (unpaired) electrons. The standard InChI is InChI=1S/C10H18N6O2/c1-11-9-8(16(17)18)10(13-7-12-9)15(4)6-5-14(2)3/h7H,5-6H2,1-4H3,(H,11,12,13). The third-order valence-corrected chi connectivity index (χ3v) is 2.47. The van der Waals surface area contributed by atoms with Crippen molar-refractivity contribution in [3.63, 3.8) is 0 Å². The van der Waals surface area contributed by atoms with E-state index in [0.29, 0.717) is 12.4 Å². The summed E-state index contributed by atoms with van der Waals surface area (Å²) >= 11 is 0. The summed E-state index contributed by atoms with van der Waals surface area (Å²) < 4.78 is 0. The molecular weight excluding hydrogens is 236 g/mol. The Bertz CT molecular complexity index is 423. The van der Waals surface area contributed by atoms with Crippen molar-refractivity contribution in [3.05, 3.63) is 16.4 Å². The van der Waals surface area contributed by atoms with Crippen LogP contribution in [0.3, 0.4) is 0 Å². The summed E-state index contributed by atoms with van der Waals surface area (Å²) in [5.74, 6) is 0.544. The molecule has 0 fully saturated rings. The minimum Gasteiger partial charge on any atom is -0.367 e. The first-order valence-corrected chi connectivity index (χ1v) is 5.50. The van der Waals surface area contributed by atoms with Crippen molar-refractivity contribution in [1.29, 1.82) is 0 Å². The Kier molecular flexibility index (Phi) is 4.78. The molecule has 8 heteroatoms.